The van der Waals surface area contributed by atoms with Crippen molar-refractivity contribution in [3.63, 3.8) is 0 Å². The van der Waals surface area contributed by atoms with Gasteiger partial charge in [-0.1, -0.05) is 13.8 Å². The van der Waals surface area contributed by atoms with Gasteiger partial charge in [-0.2, -0.15) is 0 Å². The molecule has 1 unspecified atom stereocenters. The molecular weight excluding hydrogens is 380 g/mol. The van der Waals surface area contributed by atoms with Crippen molar-refractivity contribution in [3.8, 4) is 11.5 Å². The van der Waals surface area contributed by atoms with Crippen molar-refractivity contribution in [1.82, 2.24) is 24.8 Å². The number of aryl methyl sites for hydroxylation is 2. The quantitative estimate of drug-likeness (QED) is 0.657. The minimum atomic E-state index is 0.445. The minimum absolute atomic E-state index is 0.445. The van der Waals surface area contributed by atoms with Crippen molar-refractivity contribution < 1.29 is 0 Å². The molecule has 3 aromatic rings. The molecule has 2 aliphatic rings. The Labute approximate surface area is 176 Å². The van der Waals surface area contributed by atoms with Gasteiger partial charge in [-0.3, -0.25) is 4.98 Å². The van der Waals surface area contributed by atoms with Gasteiger partial charge in [-0.05, 0) is 44.2 Å². The van der Waals surface area contributed by atoms with Crippen LogP contribution in [0.2, 0.25) is 0 Å². The Balaban J connectivity index is 1.72. The van der Waals surface area contributed by atoms with Gasteiger partial charge in [0.2, 0.25) is 0 Å². The van der Waals surface area contributed by atoms with Gasteiger partial charge in [-0.15, -0.1) is 11.3 Å². The second kappa shape index (κ2) is 7.61. The molecule has 1 atom stereocenters. The summed E-state index contributed by atoms with van der Waals surface area (Å²) in [4.78, 5) is 26.4. The molecule has 0 aromatic carbocycles. The first-order valence-corrected chi connectivity index (χ1v) is 11.5. The summed E-state index contributed by atoms with van der Waals surface area (Å²) in [5.41, 5.74) is 2.25. The molecule has 6 nitrogen and oxygen atoms in total. The average Bonchev–Trinajstić information content (AvgIpc) is 3.12. The van der Waals surface area contributed by atoms with Crippen LogP contribution in [0.25, 0.3) is 21.7 Å². The highest BCUT2D eigenvalue weighted by Crippen LogP contribution is 2.41. The Morgan fingerprint density at radius 2 is 1.97 bits per heavy atom. The number of likely N-dealkylation sites (N-methyl/N-ethyl adjacent to an activating group) is 1. The molecule has 4 heterocycles. The van der Waals surface area contributed by atoms with Gasteiger partial charge in [0.1, 0.15) is 16.3 Å². The molecule has 5 rings (SSSR count). The maximum Gasteiger partial charge on any atom is 0.183 e. The lowest BCUT2D eigenvalue weighted by molar-refractivity contribution is 0.236. The molecule has 1 fully saturated rings. The number of hydrogen-bond acceptors (Lipinski definition) is 7. The van der Waals surface area contributed by atoms with Crippen LogP contribution in [0, 0.1) is 5.92 Å². The van der Waals surface area contributed by atoms with E-state index in [2.05, 4.69) is 40.7 Å². The highest BCUT2D eigenvalue weighted by atomic mass is 32.1. The molecular formula is C22H28N6S. The molecule has 0 bridgehead atoms. The lowest BCUT2D eigenvalue weighted by atomic mass is 9.95. The van der Waals surface area contributed by atoms with E-state index in [1.54, 1.807) is 18.6 Å². The molecule has 1 aliphatic carbocycles. The summed E-state index contributed by atoms with van der Waals surface area (Å²) in [6.45, 7) is 7.76. The van der Waals surface area contributed by atoms with Crippen LogP contribution in [-0.4, -0.2) is 57.6 Å². The topological polar surface area (TPSA) is 58.0 Å². The van der Waals surface area contributed by atoms with Crippen LogP contribution in [0.3, 0.4) is 0 Å². The van der Waals surface area contributed by atoms with E-state index in [0.29, 0.717) is 17.8 Å². The zero-order valence-corrected chi connectivity index (χ0v) is 18.2. The number of hydrogen-bond donors (Lipinski definition) is 0. The number of nitrogens with zero attached hydrogens (tertiary/aromatic N) is 6. The standard InChI is InChI=1S/C22H28N6S/c1-14(2)17-13-27(3)10-11-28(17)21-19-15-6-4-5-7-18(15)29-22(19)26-20(25-21)16-12-23-8-9-24-16/h8-9,12,14,17H,4-7,10-11,13H2,1-3H3. The Hall–Kier alpha value is -2.12. The van der Waals surface area contributed by atoms with Gasteiger partial charge in [-0.25, -0.2) is 15.0 Å². The van der Waals surface area contributed by atoms with Gasteiger partial charge in [0.25, 0.3) is 0 Å². The Morgan fingerprint density at radius 3 is 2.76 bits per heavy atom. The van der Waals surface area contributed by atoms with Crippen molar-refractivity contribution in [2.75, 3.05) is 31.6 Å². The van der Waals surface area contributed by atoms with Crippen LogP contribution in [0.5, 0.6) is 0 Å². The summed E-state index contributed by atoms with van der Waals surface area (Å²) < 4.78 is 0. The Kier molecular flexibility index (Phi) is 4.95. The van der Waals surface area contributed by atoms with Crippen LogP contribution in [0.15, 0.2) is 18.6 Å². The molecule has 0 amide bonds. The van der Waals surface area contributed by atoms with Gasteiger partial charge >= 0.3 is 0 Å². The van der Waals surface area contributed by atoms with Crippen LogP contribution in [0.4, 0.5) is 5.82 Å². The van der Waals surface area contributed by atoms with Crippen molar-refractivity contribution in [2.24, 2.45) is 5.92 Å². The SMILES string of the molecule is CC(C)C1CN(C)CCN1c1nc(-c2cnccn2)nc2sc3c(c12)CCCC3. The Bertz CT molecular complexity index is 1020. The largest absolute Gasteiger partial charge is 0.350 e. The third-order valence-corrected chi connectivity index (χ3v) is 7.44. The normalized spacial score (nSPS) is 20.4. The third-order valence-electron chi connectivity index (χ3n) is 6.25. The summed E-state index contributed by atoms with van der Waals surface area (Å²) in [6.07, 6.45) is 10.0. The number of piperazine rings is 1. The van der Waals surface area contributed by atoms with Gasteiger partial charge < -0.3 is 9.80 Å². The number of aromatic nitrogens is 4. The van der Waals surface area contributed by atoms with Crippen LogP contribution in [-0.2, 0) is 12.8 Å². The van der Waals surface area contributed by atoms with Crippen molar-refractivity contribution in [2.45, 2.75) is 45.6 Å². The van der Waals surface area contributed by atoms with Crippen molar-refractivity contribution in [3.05, 3.63) is 29.0 Å². The molecule has 7 heteroatoms. The molecule has 29 heavy (non-hydrogen) atoms. The monoisotopic (exact) mass is 408 g/mol. The zero-order chi connectivity index (χ0) is 20.0. The van der Waals surface area contributed by atoms with E-state index < -0.39 is 0 Å². The van der Waals surface area contributed by atoms with Crippen LogP contribution >= 0.6 is 11.3 Å². The first kappa shape index (κ1) is 18.9. The summed E-state index contributed by atoms with van der Waals surface area (Å²) in [5.74, 6) is 2.36. The molecule has 1 aliphatic heterocycles. The molecule has 0 spiro atoms. The van der Waals surface area contributed by atoms with E-state index >= 15 is 0 Å². The lowest BCUT2D eigenvalue weighted by Crippen LogP contribution is -2.54. The van der Waals surface area contributed by atoms with E-state index in [1.165, 1.54) is 35.1 Å². The van der Waals surface area contributed by atoms with E-state index in [-0.39, 0.29) is 0 Å². The van der Waals surface area contributed by atoms with E-state index in [1.807, 2.05) is 11.3 Å². The van der Waals surface area contributed by atoms with E-state index in [9.17, 15) is 0 Å². The third kappa shape index (κ3) is 3.40. The average molecular weight is 409 g/mol. The summed E-state index contributed by atoms with van der Waals surface area (Å²) in [6, 6.07) is 0.445. The fraction of sp³-hybridized carbons (Fsp3) is 0.545. The lowest BCUT2D eigenvalue weighted by Gasteiger charge is -2.43. The molecule has 3 aromatic heterocycles. The fourth-order valence-electron chi connectivity index (χ4n) is 4.66. The van der Waals surface area contributed by atoms with Crippen LogP contribution in [0.1, 0.15) is 37.1 Å². The second-order valence-corrected chi connectivity index (χ2v) is 9.70. The maximum atomic E-state index is 5.13. The molecule has 1 saturated heterocycles. The molecule has 0 saturated carbocycles. The second-order valence-electron chi connectivity index (χ2n) is 8.62. The van der Waals surface area contributed by atoms with E-state index in [4.69, 9.17) is 9.97 Å². The zero-order valence-electron chi connectivity index (χ0n) is 17.4. The summed E-state index contributed by atoms with van der Waals surface area (Å²) in [5, 5.41) is 1.30. The smallest absolute Gasteiger partial charge is 0.183 e. The number of anilines is 1. The molecule has 0 radical (unpaired) electrons. The number of fused-ring (bicyclic) bond motifs is 3. The maximum absolute atomic E-state index is 5.13. The van der Waals surface area contributed by atoms with Gasteiger partial charge in [0, 0.05) is 42.9 Å². The van der Waals surface area contributed by atoms with Crippen LogP contribution < -0.4 is 4.90 Å². The summed E-state index contributed by atoms with van der Waals surface area (Å²) >= 11 is 1.86. The predicted molar refractivity (Wildman–Crippen MR) is 119 cm³/mol. The number of thiophene rings is 1. The highest BCUT2D eigenvalue weighted by Gasteiger charge is 2.32. The van der Waals surface area contributed by atoms with Gasteiger partial charge in [0.15, 0.2) is 5.82 Å². The Morgan fingerprint density at radius 1 is 1.10 bits per heavy atom. The van der Waals surface area contributed by atoms with Crippen molar-refractivity contribution >= 4 is 27.4 Å². The number of rotatable bonds is 3. The fourth-order valence-corrected chi connectivity index (χ4v) is 5.92. The first-order chi connectivity index (χ1) is 14.1. The van der Waals surface area contributed by atoms with Gasteiger partial charge in [0.05, 0.1) is 11.6 Å². The molecule has 0 N–H and O–H groups in total. The summed E-state index contributed by atoms with van der Waals surface area (Å²) in [7, 11) is 2.22. The highest BCUT2D eigenvalue weighted by molar-refractivity contribution is 7.19. The molecule has 152 valence electrons. The van der Waals surface area contributed by atoms with E-state index in [0.717, 1.165) is 42.4 Å². The minimum Gasteiger partial charge on any atom is -0.350 e. The first-order valence-electron chi connectivity index (χ1n) is 10.7. The predicted octanol–water partition coefficient (Wildman–Crippen LogP) is 3.80. The van der Waals surface area contributed by atoms with Crippen molar-refractivity contribution in [1.29, 1.82) is 0 Å².